The number of aromatic nitrogens is 1. The van der Waals surface area contributed by atoms with Crippen molar-refractivity contribution in [3.05, 3.63) is 77.0 Å². The van der Waals surface area contributed by atoms with Gasteiger partial charge in [0.15, 0.2) is 5.89 Å². The average Bonchev–Trinajstić information content (AvgIpc) is 3.42. The zero-order valence-electron chi connectivity index (χ0n) is 23.4. The molecule has 2 amide bonds. The molecule has 0 saturated carbocycles. The molecule has 0 spiro atoms. The highest BCUT2D eigenvalue weighted by atomic mass is 19.4. The van der Waals surface area contributed by atoms with Gasteiger partial charge in [-0.1, -0.05) is 30.3 Å². The number of alkyl halides is 3. The summed E-state index contributed by atoms with van der Waals surface area (Å²) in [5, 5.41) is 5.48. The largest absolute Gasteiger partial charge is 0.444 e. The van der Waals surface area contributed by atoms with Crippen LogP contribution in [0, 0.1) is 0 Å². The summed E-state index contributed by atoms with van der Waals surface area (Å²) >= 11 is 0. The van der Waals surface area contributed by atoms with Gasteiger partial charge in [-0.25, -0.2) is 9.78 Å². The highest BCUT2D eigenvalue weighted by molar-refractivity contribution is 5.91. The van der Waals surface area contributed by atoms with Gasteiger partial charge in [0.2, 0.25) is 5.76 Å². The molecule has 0 unspecified atom stereocenters. The Morgan fingerprint density at radius 3 is 2.39 bits per heavy atom. The van der Waals surface area contributed by atoms with E-state index in [1.54, 1.807) is 52.0 Å². The maximum absolute atomic E-state index is 13.5. The van der Waals surface area contributed by atoms with Gasteiger partial charge in [0.25, 0.3) is 5.91 Å². The fourth-order valence-electron chi connectivity index (χ4n) is 4.49. The van der Waals surface area contributed by atoms with Crippen LogP contribution < -0.4 is 10.6 Å². The quantitative estimate of drug-likeness (QED) is 0.323. The van der Waals surface area contributed by atoms with Crippen molar-refractivity contribution >= 4 is 12.0 Å². The Kier molecular flexibility index (Phi) is 9.06. The first-order valence-corrected chi connectivity index (χ1v) is 13.4. The number of ether oxygens (including phenoxy) is 2. The number of alkyl carbamates (subject to hydrolysis) is 1. The smallest absolute Gasteiger partial charge is 0.416 e. The summed E-state index contributed by atoms with van der Waals surface area (Å²) in [7, 11) is 0. The number of carbonyl (C=O) groups excluding carboxylic acids is 2. The van der Waals surface area contributed by atoms with Crippen molar-refractivity contribution in [1.29, 1.82) is 0 Å². The normalized spacial score (nSPS) is 15.3. The third-order valence-corrected chi connectivity index (χ3v) is 6.65. The third-order valence-electron chi connectivity index (χ3n) is 6.65. The first-order chi connectivity index (χ1) is 19.3. The number of oxazole rings is 1. The van der Waals surface area contributed by atoms with Crippen molar-refractivity contribution in [1.82, 2.24) is 15.6 Å². The minimum atomic E-state index is -4.53. The second-order valence-corrected chi connectivity index (χ2v) is 11.0. The molecule has 2 heterocycles. The van der Waals surface area contributed by atoms with Gasteiger partial charge < -0.3 is 24.5 Å². The third kappa shape index (κ3) is 8.09. The lowest BCUT2D eigenvalue weighted by molar-refractivity contribution is -0.137. The zero-order valence-corrected chi connectivity index (χ0v) is 23.4. The highest BCUT2D eigenvalue weighted by Crippen LogP contribution is 2.35. The molecule has 220 valence electrons. The molecule has 1 atom stereocenters. The predicted octanol–water partition coefficient (Wildman–Crippen LogP) is 6.77. The minimum Gasteiger partial charge on any atom is -0.444 e. The molecule has 4 rings (SSSR count). The fourth-order valence-corrected chi connectivity index (χ4v) is 4.49. The van der Waals surface area contributed by atoms with Crippen molar-refractivity contribution in [2.24, 2.45) is 0 Å². The predicted molar refractivity (Wildman–Crippen MR) is 145 cm³/mol. The molecule has 3 aromatic rings. The molecule has 0 bridgehead atoms. The summed E-state index contributed by atoms with van der Waals surface area (Å²) in [5.74, 6) is 0.339. The standard InChI is InChI=1S/C30H34F3N3O5/c1-18(36-26(37)25-17-34-27(40-25)21-11-13-39-14-12-21)19-5-7-20(8-6-19)24-15-23(30(31,32)33)10-9-22(24)16-35-28(38)41-29(2,3)4/h5-10,15,17-18,21H,11-14,16H2,1-4H3,(H,35,38)(H,36,37)/t18-/m1/s1. The van der Waals surface area contributed by atoms with Crippen LogP contribution in [0.25, 0.3) is 11.1 Å². The lowest BCUT2D eigenvalue weighted by Crippen LogP contribution is -2.32. The van der Waals surface area contributed by atoms with Crippen LogP contribution in [0.4, 0.5) is 18.0 Å². The number of amides is 2. The number of rotatable bonds is 7. The highest BCUT2D eigenvalue weighted by Gasteiger charge is 2.31. The van der Waals surface area contributed by atoms with Crippen LogP contribution in [0.5, 0.6) is 0 Å². The molecule has 1 aliphatic rings. The number of nitrogens with one attached hydrogen (secondary N) is 2. The second kappa shape index (κ2) is 12.3. The molecule has 1 fully saturated rings. The van der Waals surface area contributed by atoms with E-state index in [2.05, 4.69) is 15.6 Å². The van der Waals surface area contributed by atoms with Gasteiger partial charge in [0, 0.05) is 25.7 Å². The maximum Gasteiger partial charge on any atom is 0.416 e. The average molecular weight is 574 g/mol. The van der Waals surface area contributed by atoms with E-state index >= 15 is 0 Å². The van der Waals surface area contributed by atoms with E-state index in [0.717, 1.165) is 30.5 Å². The first kappa shape index (κ1) is 30.1. The van der Waals surface area contributed by atoms with Crippen LogP contribution in [-0.2, 0) is 22.2 Å². The Hall–Kier alpha value is -3.86. The number of hydrogen-bond acceptors (Lipinski definition) is 6. The first-order valence-electron chi connectivity index (χ1n) is 13.4. The molecular weight excluding hydrogens is 539 g/mol. The number of carbonyl (C=O) groups is 2. The molecule has 11 heteroatoms. The van der Waals surface area contributed by atoms with Crippen molar-refractivity contribution in [3.8, 4) is 11.1 Å². The molecule has 0 aliphatic carbocycles. The van der Waals surface area contributed by atoms with Gasteiger partial charge >= 0.3 is 12.3 Å². The van der Waals surface area contributed by atoms with Crippen molar-refractivity contribution in [3.63, 3.8) is 0 Å². The van der Waals surface area contributed by atoms with Crippen LogP contribution in [0.15, 0.2) is 53.1 Å². The molecular formula is C30H34F3N3O5. The molecule has 1 aliphatic heterocycles. The van der Waals surface area contributed by atoms with Crippen LogP contribution in [-0.4, -0.2) is 35.8 Å². The van der Waals surface area contributed by atoms with Gasteiger partial charge in [-0.2, -0.15) is 13.2 Å². The summed E-state index contributed by atoms with van der Waals surface area (Å²) in [6.45, 7) is 8.19. The second-order valence-electron chi connectivity index (χ2n) is 11.0. The van der Waals surface area contributed by atoms with E-state index in [-0.39, 0.29) is 18.2 Å². The molecule has 0 radical (unpaired) electrons. The summed E-state index contributed by atoms with van der Waals surface area (Å²) in [6, 6.07) is 9.81. The van der Waals surface area contributed by atoms with Gasteiger partial charge in [0.1, 0.15) is 5.60 Å². The van der Waals surface area contributed by atoms with Crippen LogP contribution >= 0.6 is 0 Å². The van der Waals surface area contributed by atoms with Gasteiger partial charge in [-0.15, -0.1) is 0 Å². The number of nitrogens with zero attached hydrogens (tertiary/aromatic N) is 1. The Balaban J connectivity index is 1.48. The molecule has 1 saturated heterocycles. The summed E-state index contributed by atoms with van der Waals surface area (Å²) < 4.78 is 56.8. The van der Waals surface area contributed by atoms with Crippen LogP contribution in [0.3, 0.4) is 0 Å². The van der Waals surface area contributed by atoms with Crippen molar-refractivity contribution in [2.45, 2.75) is 70.8 Å². The van der Waals surface area contributed by atoms with E-state index in [0.29, 0.717) is 35.8 Å². The van der Waals surface area contributed by atoms with E-state index in [4.69, 9.17) is 13.9 Å². The lowest BCUT2D eigenvalue weighted by Gasteiger charge is -2.20. The molecule has 8 nitrogen and oxygen atoms in total. The molecule has 41 heavy (non-hydrogen) atoms. The maximum atomic E-state index is 13.5. The zero-order chi connectivity index (χ0) is 29.8. The van der Waals surface area contributed by atoms with E-state index < -0.39 is 35.4 Å². The topological polar surface area (TPSA) is 103 Å². The minimum absolute atomic E-state index is 0.0242. The summed E-state index contributed by atoms with van der Waals surface area (Å²) in [6.07, 6.45) is -2.22. The van der Waals surface area contributed by atoms with E-state index in [1.165, 1.54) is 12.3 Å². The van der Waals surface area contributed by atoms with E-state index in [1.807, 2.05) is 0 Å². The van der Waals surface area contributed by atoms with Gasteiger partial charge in [-0.3, -0.25) is 4.79 Å². The van der Waals surface area contributed by atoms with Crippen molar-refractivity contribution < 1.29 is 36.7 Å². The van der Waals surface area contributed by atoms with Crippen molar-refractivity contribution in [2.75, 3.05) is 13.2 Å². The molecule has 2 aromatic carbocycles. The van der Waals surface area contributed by atoms with Crippen LogP contribution in [0.2, 0.25) is 0 Å². The molecule has 1 aromatic heterocycles. The Morgan fingerprint density at radius 1 is 1.07 bits per heavy atom. The number of benzene rings is 2. The Morgan fingerprint density at radius 2 is 1.76 bits per heavy atom. The number of hydrogen-bond donors (Lipinski definition) is 2. The molecule has 2 N–H and O–H groups in total. The van der Waals surface area contributed by atoms with E-state index in [9.17, 15) is 22.8 Å². The summed E-state index contributed by atoms with van der Waals surface area (Å²) in [5.41, 5.74) is 0.563. The lowest BCUT2D eigenvalue weighted by atomic mass is 9.95. The number of halogens is 3. The Bertz CT molecular complexity index is 1360. The SMILES string of the molecule is C[C@@H](NC(=O)c1cnc(C2CCOCC2)o1)c1ccc(-c2cc(C(F)(F)F)ccc2CNC(=O)OC(C)(C)C)cc1. The summed E-state index contributed by atoms with van der Waals surface area (Å²) in [4.78, 5) is 29.2. The van der Waals surface area contributed by atoms with Crippen LogP contribution in [0.1, 0.15) is 85.6 Å². The van der Waals surface area contributed by atoms with Gasteiger partial charge in [0.05, 0.1) is 17.8 Å². The Labute approximate surface area is 236 Å². The fraction of sp³-hybridized carbons (Fsp3) is 0.433. The van der Waals surface area contributed by atoms with Gasteiger partial charge in [-0.05, 0) is 74.9 Å². The monoisotopic (exact) mass is 573 g/mol.